The number of rotatable bonds is 6. The highest BCUT2D eigenvalue weighted by molar-refractivity contribution is 6.12. The van der Waals surface area contributed by atoms with Crippen LogP contribution in [0.2, 0.25) is 0 Å². The van der Waals surface area contributed by atoms with Crippen molar-refractivity contribution < 1.29 is 0 Å². The van der Waals surface area contributed by atoms with E-state index in [0.29, 0.717) is 22.7 Å². The molecule has 3 aromatic carbocycles. The first-order valence-corrected chi connectivity index (χ1v) is 16.4. The molecule has 0 amide bonds. The van der Waals surface area contributed by atoms with Crippen molar-refractivity contribution in [3.8, 4) is 11.3 Å². The minimum atomic E-state index is 0.373. The van der Waals surface area contributed by atoms with Crippen LogP contribution in [-0.2, 0) is 0 Å². The average Bonchev–Trinajstić information content (AvgIpc) is 3.41. The molecule has 0 spiro atoms. The predicted molar refractivity (Wildman–Crippen MR) is 182 cm³/mol. The van der Waals surface area contributed by atoms with Gasteiger partial charge in [0.2, 0.25) is 0 Å². The van der Waals surface area contributed by atoms with Crippen molar-refractivity contribution in [2.75, 3.05) is 0 Å². The summed E-state index contributed by atoms with van der Waals surface area (Å²) in [5.74, 6) is 1.89. The molecule has 1 saturated carbocycles. The van der Waals surface area contributed by atoms with Crippen LogP contribution in [-0.4, -0.2) is 9.38 Å². The third-order valence-corrected chi connectivity index (χ3v) is 10.2. The van der Waals surface area contributed by atoms with E-state index in [1.807, 2.05) is 0 Å². The maximum absolute atomic E-state index is 5.16. The predicted octanol–water partition coefficient (Wildman–Crippen LogP) is 11.9. The minimum Gasteiger partial charge on any atom is -0.292 e. The Labute approximate surface area is 253 Å². The van der Waals surface area contributed by atoms with Gasteiger partial charge in [-0.2, -0.15) is 0 Å². The van der Waals surface area contributed by atoms with Crippen molar-refractivity contribution >= 4 is 27.3 Å². The van der Waals surface area contributed by atoms with Crippen molar-refractivity contribution in [1.29, 1.82) is 0 Å². The van der Waals surface area contributed by atoms with Gasteiger partial charge in [0.1, 0.15) is 5.65 Å². The zero-order chi connectivity index (χ0) is 29.6. The lowest BCUT2D eigenvalue weighted by Crippen LogP contribution is -2.25. The zero-order valence-corrected chi connectivity index (χ0v) is 27.0. The van der Waals surface area contributed by atoms with Crippen molar-refractivity contribution in [3.63, 3.8) is 0 Å². The number of imidazole rings is 1. The van der Waals surface area contributed by atoms with Crippen LogP contribution < -0.4 is 0 Å². The Balaban J connectivity index is 1.53. The summed E-state index contributed by atoms with van der Waals surface area (Å²) < 4.78 is 2.47. The smallest absolute Gasteiger partial charge is 0.145 e. The van der Waals surface area contributed by atoms with Gasteiger partial charge in [-0.05, 0) is 89.7 Å². The van der Waals surface area contributed by atoms with Gasteiger partial charge in [-0.3, -0.25) is 4.40 Å². The van der Waals surface area contributed by atoms with E-state index in [9.17, 15) is 0 Å². The van der Waals surface area contributed by atoms with Gasteiger partial charge in [-0.15, -0.1) is 0 Å². The van der Waals surface area contributed by atoms with E-state index >= 15 is 0 Å². The molecule has 2 aromatic heterocycles. The molecule has 0 bridgehead atoms. The lowest BCUT2D eigenvalue weighted by Gasteiger charge is -2.38. The highest BCUT2D eigenvalue weighted by Crippen LogP contribution is 2.47. The Bertz CT molecular complexity index is 1700. The van der Waals surface area contributed by atoms with E-state index in [2.05, 4.69) is 126 Å². The number of pyridine rings is 1. The summed E-state index contributed by atoms with van der Waals surface area (Å²) in [4.78, 5) is 5.16. The lowest BCUT2D eigenvalue weighted by atomic mass is 9.68. The first kappa shape index (κ1) is 29.0. The third kappa shape index (κ3) is 5.50. The summed E-state index contributed by atoms with van der Waals surface area (Å²) >= 11 is 0. The van der Waals surface area contributed by atoms with Crippen LogP contribution in [0.4, 0.5) is 0 Å². The molecule has 2 heterocycles. The van der Waals surface area contributed by atoms with Gasteiger partial charge < -0.3 is 0 Å². The standard InChI is InChI=1S/C40H50N2/c1-27(14-13-25-39(2,3)4)30-18-12-19-31(28-21-23-29(24-22-28)40(5,6)7)37(30)36-26-41-38-34-17-9-8-15-32(34)33-16-10-11-20-35(33)42(36)38/h8-12,15-20,26-29H,13-14,21-25H2,1-7H3. The van der Waals surface area contributed by atoms with E-state index in [1.54, 1.807) is 5.56 Å². The molecule has 5 aromatic rings. The first-order valence-electron chi connectivity index (χ1n) is 16.4. The number of para-hydroxylation sites is 1. The maximum atomic E-state index is 5.16. The molecule has 1 aliphatic rings. The molecule has 0 saturated heterocycles. The summed E-state index contributed by atoms with van der Waals surface area (Å²) in [6, 6.07) is 24.9. The van der Waals surface area contributed by atoms with E-state index < -0.39 is 0 Å². The fourth-order valence-corrected chi connectivity index (χ4v) is 7.77. The number of fused-ring (bicyclic) bond motifs is 6. The number of nitrogens with zero attached hydrogens (tertiary/aromatic N) is 2. The summed E-state index contributed by atoms with van der Waals surface area (Å²) in [6.45, 7) is 16.8. The van der Waals surface area contributed by atoms with Crippen LogP contribution in [0.3, 0.4) is 0 Å². The molecule has 6 rings (SSSR count). The van der Waals surface area contributed by atoms with Crippen molar-refractivity contribution in [1.82, 2.24) is 9.38 Å². The van der Waals surface area contributed by atoms with Crippen molar-refractivity contribution in [2.24, 2.45) is 16.7 Å². The maximum Gasteiger partial charge on any atom is 0.145 e. The average molecular weight is 559 g/mol. The Hall–Kier alpha value is -3.13. The highest BCUT2D eigenvalue weighted by atomic mass is 15.0. The van der Waals surface area contributed by atoms with Gasteiger partial charge in [-0.25, -0.2) is 4.98 Å². The number of benzene rings is 3. The monoisotopic (exact) mass is 558 g/mol. The molecule has 0 N–H and O–H groups in total. The second-order valence-electron chi connectivity index (χ2n) is 15.4. The van der Waals surface area contributed by atoms with Crippen LogP contribution in [0.15, 0.2) is 72.9 Å². The number of hydrogen-bond donors (Lipinski definition) is 0. The summed E-state index contributed by atoms with van der Waals surface area (Å²) in [6.07, 6.45) is 11.1. The molecule has 1 unspecified atom stereocenters. The van der Waals surface area contributed by atoms with Crippen molar-refractivity contribution in [2.45, 2.75) is 105 Å². The molecule has 2 nitrogen and oxygen atoms in total. The summed E-state index contributed by atoms with van der Waals surface area (Å²) in [7, 11) is 0. The molecule has 2 heteroatoms. The second-order valence-corrected chi connectivity index (χ2v) is 15.4. The fraction of sp³-hybridized carbons (Fsp3) is 0.475. The fourth-order valence-electron chi connectivity index (χ4n) is 7.77. The SMILES string of the molecule is CC(CCCC(C)(C)C)c1cccc(C2CCC(C(C)(C)C)CC2)c1-c1cnc2c3ccccc3c3ccccc3n12. The molecular weight excluding hydrogens is 508 g/mol. The van der Waals surface area contributed by atoms with E-state index in [0.717, 1.165) is 11.6 Å². The summed E-state index contributed by atoms with van der Waals surface area (Å²) in [5, 5.41) is 3.80. The zero-order valence-electron chi connectivity index (χ0n) is 27.0. The van der Waals surface area contributed by atoms with E-state index in [1.165, 1.54) is 83.4 Å². The van der Waals surface area contributed by atoms with Crippen LogP contribution >= 0.6 is 0 Å². The highest BCUT2D eigenvalue weighted by Gasteiger charge is 2.32. The Morgan fingerprint density at radius 1 is 0.786 bits per heavy atom. The van der Waals surface area contributed by atoms with Gasteiger partial charge in [-0.1, -0.05) is 116 Å². The van der Waals surface area contributed by atoms with Gasteiger partial charge in [0.25, 0.3) is 0 Å². The Morgan fingerprint density at radius 3 is 2.14 bits per heavy atom. The molecule has 220 valence electrons. The quantitative estimate of drug-likeness (QED) is 0.189. The molecule has 1 atom stereocenters. The summed E-state index contributed by atoms with van der Waals surface area (Å²) in [5.41, 5.74) is 8.83. The molecule has 0 aliphatic heterocycles. The molecule has 1 fully saturated rings. The lowest BCUT2D eigenvalue weighted by molar-refractivity contribution is 0.169. The minimum absolute atomic E-state index is 0.373. The third-order valence-electron chi connectivity index (χ3n) is 10.2. The molecule has 0 radical (unpaired) electrons. The molecular formula is C40H50N2. The topological polar surface area (TPSA) is 17.3 Å². The van der Waals surface area contributed by atoms with Gasteiger partial charge in [0.05, 0.1) is 17.4 Å². The first-order chi connectivity index (χ1) is 20.0. The number of hydrogen-bond acceptors (Lipinski definition) is 1. The molecule has 42 heavy (non-hydrogen) atoms. The van der Waals surface area contributed by atoms with Gasteiger partial charge in [0.15, 0.2) is 0 Å². The van der Waals surface area contributed by atoms with Crippen LogP contribution in [0.25, 0.3) is 38.6 Å². The normalized spacial score (nSPS) is 19.1. The largest absolute Gasteiger partial charge is 0.292 e. The Morgan fingerprint density at radius 2 is 1.45 bits per heavy atom. The van der Waals surface area contributed by atoms with Gasteiger partial charge >= 0.3 is 0 Å². The van der Waals surface area contributed by atoms with Crippen LogP contribution in [0.1, 0.15) is 116 Å². The van der Waals surface area contributed by atoms with Crippen LogP contribution in [0, 0.1) is 16.7 Å². The van der Waals surface area contributed by atoms with Crippen LogP contribution in [0.5, 0.6) is 0 Å². The molecule has 1 aliphatic carbocycles. The van der Waals surface area contributed by atoms with E-state index in [4.69, 9.17) is 4.98 Å². The van der Waals surface area contributed by atoms with E-state index in [-0.39, 0.29) is 0 Å². The van der Waals surface area contributed by atoms with Crippen molar-refractivity contribution in [3.05, 3.63) is 84.1 Å². The Kier molecular flexibility index (Phi) is 7.71. The van der Waals surface area contributed by atoms with Gasteiger partial charge in [0, 0.05) is 16.3 Å². The second kappa shape index (κ2) is 11.2. The number of aromatic nitrogens is 2.